The predicted octanol–water partition coefficient (Wildman–Crippen LogP) is 12.1. The number of amidine groups is 1. The molecule has 3 aromatic heterocycles. The number of aromatic nitrogens is 2. The van der Waals surface area contributed by atoms with Crippen molar-refractivity contribution in [1.29, 1.82) is 0 Å². The SMILES string of the molecule is C=C1C=C(c2ccc3oc4cc(-n5c6ccccc6c6ccccc65)ccc4c3c2)N=C(c2ccccc2)N=C1n1c2ccccc2c2ccccc21. The van der Waals surface area contributed by atoms with Gasteiger partial charge in [0.15, 0.2) is 5.84 Å². The van der Waals surface area contributed by atoms with Gasteiger partial charge in [0, 0.05) is 60.8 Å². The highest BCUT2D eigenvalue weighted by molar-refractivity contribution is 6.23. The molecule has 5 nitrogen and oxygen atoms in total. The maximum Gasteiger partial charge on any atom is 0.162 e. The van der Waals surface area contributed by atoms with Crippen LogP contribution in [0.4, 0.5) is 0 Å². The number of nitrogens with zero attached hydrogens (tertiary/aromatic N) is 4. The summed E-state index contributed by atoms with van der Waals surface area (Å²) < 4.78 is 11.1. The minimum atomic E-state index is 0.625. The molecule has 10 aromatic rings. The Morgan fingerprint density at radius 3 is 1.62 bits per heavy atom. The van der Waals surface area contributed by atoms with Crippen LogP contribution < -0.4 is 0 Å². The lowest BCUT2D eigenvalue weighted by Gasteiger charge is -2.11. The number of para-hydroxylation sites is 4. The third-order valence-electron chi connectivity index (χ3n) is 10.4. The van der Waals surface area contributed by atoms with E-state index in [1.54, 1.807) is 0 Å². The van der Waals surface area contributed by atoms with Gasteiger partial charge in [-0.2, -0.15) is 0 Å². The second-order valence-electron chi connectivity index (χ2n) is 13.5. The van der Waals surface area contributed by atoms with Crippen LogP contribution in [0, 0.1) is 0 Å². The summed E-state index contributed by atoms with van der Waals surface area (Å²) in [7, 11) is 0. The van der Waals surface area contributed by atoms with Gasteiger partial charge in [-0.05, 0) is 60.7 Å². The number of hydrogen-bond acceptors (Lipinski definition) is 3. The van der Waals surface area contributed by atoms with Crippen molar-refractivity contribution < 1.29 is 4.42 Å². The number of rotatable bonds is 3. The summed E-state index contributed by atoms with van der Waals surface area (Å²) in [6.07, 6.45) is 2.06. The number of hydrogen-bond donors (Lipinski definition) is 0. The van der Waals surface area contributed by atoms with E-state index >= 15 is 0 Å². The molecule has 0 bridgehead atoms. The Labute approximate surface area is 304 Å². The number of furan rings is 1. The molecule has 0 atom stereocenters. The van der Waals surface area contributed by atoms with E-state index in [0.29, 0.717) is 5.84 Å². The summed E-state index contributed by atoms with van der Waals surface area (Å²) in [6, 6.07) is 57.0. The van der Waals surface area contributed by atoms with Crippen molar-refractivity contribution in [1.82, 2.24) is 9.13 Å². The quantitative estimate of drug-likeness (QED) is 0.183. The lowest BCUT2D eigenvalue weighted by atomic mass is 10.0. The molecular weight excluding hydrogens is 649 g/mol. The molecule has 7 aromatic carbocycles. The molecule has 5 heteroatoms. The Morgan fingerprint density at radius 1 is 0.434 bits per heavy atom. The van der Waals surface area contributed by atoms with E-state index in [1.165, 1.54) is 32.6 Å². The topological polar surface area (TPSA) is 47.7 Å². The Hall–Kier alpha value is -7.24. The van der Waals surface area contributed by atoms with Crippen molar-refractivity contribution in [2.24, 2.45) is 9.98 Å². The molecule has 53 heavy (non-hydrogen) atoms. The van der Waals surface area contributed by atoms with Gasteiger partial charge in [-0.15, -0.1) is 0 Å². The van der Waals surface area contributed by atoms with Gasteiger partial charge in [-0.25, -0.2) is 9.98 Å². The van der Waals surface area contributed by atoms with Gasteiger partial charge in [-0.1, -0.05) is 110 Å². The van der Waals surface area contributed by atoms with Gasteiger partial charge in [0.05, 0.1) is 27.8 Å². The first-order valence-electron chi connectivity index (χ1n) is 17.8. The van der Waals surface area contributed by atoms with Crippen LogP contribution in [0.15, 0.2) is 196 Å². The van der Waals surface area contributed by atoms with Crippen LogP contribution in [0.2, 0.25) is 0 Å². The van der Waals surface area contributed by atoms with E-state index in [4.69, 9.17) is 14.4 Å². The number of allylic oxidation sites excluding steroid dienone is 2. The lowest BCUT2D eigenvalue weighted by Crippen LogP contribution is -2.15. The number of aliphatic imine (C=N–C) groups is 2. The van der Waals surface area contributed by atoms with Crippen LogP contribution in [0.1, 0.15) is 11.1 Å². The van der Waals surface area contributed by atoms with Crippen molar-refractivity contribution in [3.8, 4) is 5.69 Å². The molecule has 0 spiro atoms. The average Bonchev–Trinajstić information content (AvgIpc) is 3.82. The van der Waals surface area contributed by atoms with Crippen LogP contribution in [0.25, 0.3) is 76.9 Å². The standard InChI is InChI=1S/C48H30N4O/c1-30-27-40(49-47(31-13-3-2-4-14-31)50-48(30)52-43-21-11-7-17-36(43)37-18-8-12-22-44(37)52)32-23-26-45-39(28-32)38-25-24-33(29-46(38)53-45)51-41-19-9-5-15-34(41)35-16-6-10-20-42(35)51/h2-29H,1H2. The summed E-state index contributed by atoms with van der Waals surface area (Å²) in [4.78, 5) is 10.5. The van der Waals surface area contributed by atoms with E-state index in [1.807, 2.05) is 24.3 Å². The fourth-order valence-electron chi connectivity index (χ4n) is 8.05. The van der Waals surface area contributed by atoms with Crippen molar-refractivity contribution >= 4 is 82.9 Å². The fourth-order valence-corrected chi connectivity index (χ4v) is 8.05. The normalized spacial score (nSPS) is 13.7. The van der Waals surface area contributed by atoms with E-state index in [2.05, 4.69) is 161 Å². The third kappa shape index (κ3) is 4.51. The first-order valence-corrected chi connectivity index (χ1v) is 17.8. The molecule has 0 N–H and O–H groups in total. The Balaban J connectivity index is 1.07. The first-order chi connectivity index (χ1) is 26.2. The molecule has 0 unspecified atom stereocenters. The summed E-state index contributed by atoms with van der Waals surface area (Å²) >= 11 is 0. The maximum absolute atomic E-state index is 6.53. The zero-order chi connectivity index (χ0) is 35.0. The number of fused-ring (bicyclic) bond motifs is 9. The van der Waals surface area contributed by atoms with Gasteiger partial charge in [0.25, 0.3) is 0 Å². The second-order valence-corrected chi connectivity index (χ2v) is 13.5. The molecule has 4 heterocycles. The van der Waals surface area contributed by atoms with Crippen molar-refractivity contribution in [3.05, 3.63) is 193 Å². The molecule has 0 saturated carbocycles. The second kappa shape index (κ2) is 11.4. The van der Waals surface area contributed by atoms with E-state index in [0.717, 1.165) is 66.9 Å². The number of benzene rings is 7. The highest BCUT2D eigenvalue weighted by Gasteiger charge is 2.21. The lowest BCUT2D eigenvalue weighted by molar-refractivity contribution is 0.668. The summed E-state index contributed by atoms with van der Waals surface area (Å²) in [5, 5.41) is 6.89. The molecule has 0 saturated heterocycles. The fraction of sp³-hybridized carbons (Fsp3) is 0. The van der Waals surface area contributed by atoms with Gasteiger partial charge in [0.1, 0.15) is 17.0 Å². The van der Waals surface area contributed by atoms with Crippen LogP contribution in [0.3, 0.4) is 0 Å². The van der Waals surface area contributed by atoms with Crippen LogP contribution in [0.5, 0.6) is 0 Å². The van der Waals surface area contributed by atoms with Crippen LogP contribution in [-0.4, -0.2) is 20.8 Å². The zero-order valence-electron chi connectivity index (χ0n) is 28.6. The van der Waals surface area contributed by atoms with Gasteiger partial charge < -0.3 is 8.98 Å². The summed E-state index contributed by atoms with van der Waals surface area (Å²) in [5.41, 5.74) is 10.6. The molecule has 0 aliphatic carbocycles. The predicted molar refractivity (Wildman–Crippen MR) is 220 cm³/mol. The van der Waals surface area contributed by atoms with Gasteiger partial charge >= 0.3 is 0 Å². The molecule has 1 aliphatic rings. The molecular formula is C48H30N4O. The van der Waals surface area contributed by atoms with Crippen molar-refractivity contribution in [2.45, 2.75) is 0 Å². The van der Waals surface area contributed by atoms with Crippen molar-refractivity contribution in [3.63, 3.8) is 0 Å². The molecule has 248 valence electrons. The Kier molecular flexibility index (Phi) is 6.34. The van der Waals surface area contributed by atoms with E-state index in [9.17, 15) is 0 Å². The minimum absolute atomic E-state index is 0.625. The maximum atomic E-state index is 6.53. The molecule has 0 radical (unpaired) electrons. The highest BCUT2D eigenvalue weighted by atomic mass is 16.3. The summed E-state index contributed by atoms with van der Waals surface area (Å²) in [5.74, 6) is 1.37. The van der Waals surface area contributed by atoms with Crippen LogP contribution >= 0.6 is 0 Å². The molecule has 11 rings (SSSR count). The molecule has 0 amide bonds. The summed E-state index contributed by atoms with van der Waals surface area (Å²) in [6.45, 7) is 4.59. The Morgan fingerprint density at radius 2 is 1.00 bits per heavy atom. The monoisotopic (exact) mass is 678 g/mol. The first kappa shape index (κ1) is 29.5. The largest absolute Gasteiger partial charge is 0.456 e. The van der Waals surface area contributed by atoms with Gasteiger partial charge in [0.2, 0.25) is 0 Å². The smallest absolute Gasteiger partial charge is 0.162 e. The van der Waals surface area contributed by atoms with Gasteiger partial charge in [-0.3, -0.25) is 4.57 Å². The van der Waals surface area contributed by atoms with E-state index in [-0.39, 0.29) is 0 Å². The van der Waals surface area contributed by atoms with Crippen molar-refractivity contribution in [2.75, 3.05) is 0 Å². The molecule has 1 aliphatic heterocycles. The van der Waals surface area contributed by atoms with Crippen LogP contribution in [-0.2, 0) is 0 Å². The van der Waals surface area contributed by atoms with E-state index < -0.39 is 0 Å². The zero-order valence-corrected chi connectivity index (χ0v) is 28.6. The average molecular weight is 679 g/mol. The Bertz CT molecular complexity index is 3130. The third-order valence-corrected chi connectivity index (χ3v) is 10.4. The highest BCUT2D eigenvalue weighted by Crippen LogP contribution is 2.37. The molecule has 0 fully saturated rings. The minimum Gasteiger partial charge on any atom is -0.456 e.